The smallest absolute Gasteiger partial charge is 0.194 e. The maximum atomic E-state index is 13.1. The second kappa shape index (κ2) is 5.26. The molecule has 100 valence electrons. The lowest BCUT2D eigenvalue weighted by Crippen LogP contribution is -2.11. The molecule has 2 aromatic rings. The Morgan fingerprint density at radius 3 is 2.21 bits per heavy atom. The van der Waals surface area contributed by atoms with Crippen molar-refractivity contribution in [1.29, 1.82) is 0 Å². The molecule has 0 radical (unpaired) electrons. The Balaban J connectivity index is 2.24. The van der Waals surface area contributed by atoms with Crippen LogP contribution in [0.15, 0.2) is 24.5 Å². The van der Waals surface area contributed by atoms with Crippen molar-refractivity contribution in [2.45, 2.75) is 19.9 Å². The second-order valence-electron chi connectivity index (χ2n) is 4.15. The van der Waals surface area contributed by atoms with Crippen LogP contribution in [-0.2, 0) is 0 Å². The Bertz CT molecular complexity index is 578. The predicted octanol–water partition coefficient (Wildman–Crippen LogP) is 3.38. The Morgan fingerprint density at radius 2 is 1.63 bits per heavy atom. The molecule has 0 bridgehead atoms. The summed E-state index contributed by atoms with van der Waals surface area (Å²) in [6, 6.07) is 1.50. The van der Waals surface area contributed by atoms with Crippen LogP contribution in [-0.4, -0.2) is 9.97 Å². The number of anilines is 1. The predicted molar refractivity (Wildman–Crippen MR) is 65.1 cm³/mol. The summed E-state index contributed by atoms with van der Waals surface area (Å²) < 4.78 is 39.0. The van der Waals surface area contributed by atoms with Crippen LogP contribution in [0.3, 0.4) is 0 Å². The molecule has 1 N–H and O–H groups in total. The van der Waals surface area contributed by atoms with Crippen molar-refractivity contribution in [1.82, 2.24) is 9.97 Å². The highest BCUT2D eigenvalue weighted by Crippen LogP contribution is 2.22. The van der Waals surface area contributed by atoms with Crippen molar-refractivity contribution in [3.05, 3.63) is 53.4 Å². The summed E-state index contributed by atoms with van der Waals surface area (Å²) in [6.45, 7) is 3.56. The fourth-order valence-corrected chi connectivity index (χ4v) is 1.80. The molecule has 1 unspecified atom stereocenters. The summed E-state index contributed by atoms with van der Waals surface area (Å²) in [7, 11) is 0. The Labute approximate surface area is 108 Å². The summed E-state index contributed by atoms with van der Waals surface area (Å²) in [5.41, 5.74) is 1.52. The number of hydrogen-bond donors (Lipinski definition) is 1. The minimum atomic E-state index is -1.48. The first-order chi connectivity index (χ1) is 8.99. The van der Waals surface area contributed by atoms with Gasteiger partial charge >= 0.3 is 0 Å². The Morgan fingerprint density at radius 1 is 1.05 bits per heavy atom. The fourth-order valence-electron chi connectivity index (χ4n) is 1.80. The molecule has 1 heterocycles. The lowest BCUT2D eigenvalue weighted by molar-refractivity contribution is 0.447. The number of benzene rings is 1. The van der Waals surface area contributed by atoms with Crippen LogP contribution in [0.1, 0.15) is 24.4 Å². The number of hydrogen-bond acceptors (Lipinski definition) is 3. The molecule has 0 saturated carbocycles. The van der Waals surface area contributed by atoms with E-state index in [0.29, 0.717) is 11.4 Å². The van der Waals surface area contributed by atoms with E-state index in [4.69, 9.17) is 0 Å². The van der Waals surface area contributed by atoms with E-state index in [2.05, 4.69) is 15.3 Å². The van der Waals surface area contributed by atoms with Gasteiger partial charge in [0.15, 0.2) is 17.5 Å². The van der Waals surface area contributed by atoms with E-state index < -0.39 is 17.5 Å². The SMILES string of the molecule is Cc1nccnc1C(C)Nc1cc(F)c(F)c(F)c1. The maximum Gasteiger partial charge on any atom is 0.194 e. The van der Waals surface area contributed by atoms with Crippen LogP contribution < -0.4 is 5.32 Å². The summed E-state index contributed by atoms with van der Waals surface area (Å²) in [4.78, 5) is 8.23. The Kier molecular flexibility index (Phi) is 3.69. The molecule has 0 spiro atoms. The van der Waals surface area contributed by atoms with Gasteiger partial charge in [-0.1, -0.05) is 0 Å². The number of nitrogens with zero attached hydrogens (tertiary/aromatic N) is 2. The first-order valence-electron chi connectivity index (χ1n) is 5.67. The van der Waals surface area contributed by atoms with E-state index in [1.165, 1.54) is 6.20 Å². The van der Waals surface area contributed by atoms with Gasteiger partial charge in [-0.25, -0.2) is 13.2 Å². The van der Waals surface area contributed by atoms with Crippen LogP contribution in [0.25, 0.3) is 0 Å². The van der Waals surface area contributed by atoms with Gasteiger partial charge in [0.25, 0.3) is 0 Å². The Hall–Kier alpha value is -2.11. The summed E-state index contributed by atoms with van der Waals surface area (Å²) in [5.74, 6) is -3.94. The van der Waals surface area contributed by atoms with E-state index in [9.17, 15) is 13.2 Å². The molecule has 19 heavy (non-hydrogen) atoms. The lowest BCUT2D eigenvalue weighted by Gasteiger charge is -2.16. The summed E-state index contributed by atoms with van der Waals surface area (Å²) >= 11 is 0. The number of rotatable bonds is 3. The van der Waals surface area contributed by atoms with E-state index >= 15 is 0 Å². The quantitative estimate of drug-likeness (QED) is 0.866. The van der Waals surface area contributed by atoms with Crippen molar-refractivity contribution in [3.8, 4) is 0 Å². The standard InChI is InChI=1S/C13H12F3N3/c1-7-13(18-4-3-17-7)8(2)19-9-5-10(14)12(16)11(15)6-9/h3-6,8,19H,1-2H3. The molecule has 0 saturated heterocycles. The summed E-state index contributed by atoms with van der Waals surface area (Å²) in [5, 5.41) is 2.86. The van der Waals surface area contributed by atoms with Gasteiger partial charge in [-0.2, -0.15) is 0 Å². The van der Waals surface area contributed by atoms with Crippen molar-refractivity contribution < 1.29 is 13.2 Å². The molecular weight excluding hydrogens is 255 g/mol. The minimum absolute atomic E-state index is 0.147. The van der Waals surface area contributed by atoms with E-state index in [0.717, 1.165) is 12.1 Å². The van der Waals surface area contributed by atoms with E-state index in [-0.39, 0.29) is 11.7 Å². The number of aryl methyl sites for hydroxylation is 1. The number of halogens is 3. The highest BCUT2D eigenvalue weighted by Gasteiger charge is 2.14. The molecule has 0 aliphatic carbocycles. The monoisotopic (exact) mass is 267 g/mol. The van der Waals surface area contributed by atoms with Gasteiger partial charge in [0.1, 0.15) is 0 Å². The molecule has 1 aromatic heterocycles. The zero-order chi connectivity index (χ0) is 14.0. The summed E-state index contributed by atoms with van der Waals surface area (Å²) in [6.07, 6.45) is 3.09. The molecule has 1 aromatic carbocycles. The molecule has 3 nitrogen and oxygen atoms in total. The third kappa shape index (κ3) is 2.83. The van der Waals surface area contributed by atoms with Gasteiger partial charge < -0.3 is 5.32 Å². The fraction of sp³-hybridized carbons (Fsp3) is 0.231. The second-order valence-corrected chi connectivity index (χ2v) is 4.15. The molecule has 6 heteroatoms. The molecule has 0 fully saturated rings. The van der Waals surface area contributed by atoms with Crippen LogP contribution >= 0.6 is 0 Å². The van der Waals surface area contributed by atoms with E-state index in [1.54, 1.807) is 20.0 Å². The van der Waals surface area contributed by atoms with Gasteiger partial charge in [0.2, 0.25) is 0 Å². The zero-order valence-corrected chi connectivity index (χ0v) is 10.4. The zero-order valence-electron chi connectivity index (χ0n) is 10.4. The number of aromatic nitrogens is 2. The largest absolute Gasteiger partial charge is 0.377 e. The van der Waals surface area contributed by atoms with Crippen LogP contribution in [0.2, 0.25) is 0 Å². The van der Waals surface area contributed by atoms with Crippen LogP contribution in [0, 0.1) is 24.4 Å². The van der Waals surface area contributed by atoms with Gasteiger partial charge in [0, 0.05) is 30.2 Å². The highest BCUT2D eigenvalue weighted by atomic mass is 19.2. The third-order valence-electron chi connectivity index (χ3n) is 2.70. The van der Waals surface area contributed by atoms with Gasteiger partial charge in [-0.3, -0.25) is 9.97 Å². The maximum absolute atomic E-state index is 13.1. The molecule has 0 aliphatic heterocycles. The highest BCUT2D eigenvalue weighted by molar-refractivity contribution is 5.46. The van der Waals surface area contributed by atoms with Crippen molar-refractivity contribution in [2.24, 2.45) is 0 Å². The normalized spacial score (nSPS) is 12.3. The number of nitrogens with one attached hydrogen (secondary N) is 1. The molecule has 0 aliphatic rings. The first-order valence-corrected chi connectivity index (χ1v) is 5.67. The van der Waals surface area contributed by atoms with Crippen LogP contribution in [0.4, 0.5) is 18.9 Å². The third-order valence-corrected chi connectivity index (χ3v) is 2.70. The average molecular weight is 267 g/mol. The topological polar surface area (TPSA) is 37.8 Å². The average Bonchev–Trinajstić information content (AvgIpc) is 2.36. The lowest BCUT2D eigenvalue weighted by atomic mass is 10.1. The van der Waals surface area contributed by atoms with Crippen molar-refractivity contribution in [2.75, 3.05) is 5.32 Å². The first kappa shape index (κ1) is 13.3. The minimum Gasteiger partial charge on any atom is -0.377 e. The van der Waals surface area contributed by atoms with Gasteiger partial charge in [-0.15, -0.1) is 0 Å². The van der Waals surface area contributed by atoms with Crippen LogP contribution in [0.5, 0.6) is 0 Å². The molecule has 1 atom stereocenters. The van der Waals surface area contributed by atoms with Gasteiger partial charge in [0.05, 0.1) is 17.4 Å². The molecule has 0 amide bonds. The van der Waals surface area contributed by atoms with Gasteiger partial charge in [-0.05, 0) is 13.8 Å². The van der Waals surface area contributed by atoms with Crippen molar-refractivity contribution in [3.63, 3.8) is 0 Å². The van der Waals surface area contributed by atoms with Crippen molar-refractivity contribution >= 4 is 5.69 Å². The molecular formula is C13H12F3N3. The molecule has 2 rings (SSSR count). The van der Waals surface area contributed by atoms with E-state index in [1.807, 2.05) is 0 Å².